The van der Waals surface area contributed by atoms with Crippen LogP contribution in [0.25, 0.3) is 0 Å². The summed E-state index contributed by atoms with van der Waals surface area (Å²) in [6.07, 6.45) is 12.2. The first-order valence-corrected chi connectivity index (χ1v) is 14.4. The molecule has 4 rings (SSSR count). The van der Waals surface area contributed by atoms with Gasteiger partial charge in [0.1, 0.15) is 6.10 Å². The molecule has 0 amide bonds. The Kier molecular flexibility index (Phi) is 6.96. The third kappa shape index (κ3) is 4.07. The first kappa shape index (κ1) is 27.0. The van der Waals surface area contributed by atoms with Crippen LogP contribution >= 0.6 is 0 Å². The number of rotatable bonds is 5. The Morgan fingerprint density at radius 1 is 1.00 bits per heavy atom. The fourth-order valence-electron chi connectivity index (χ4n) is 9.80. The van der Waals surface area contributed by atoms with Crippen molar-refractivity contribution in [2.45, 2.75) is 132 Å². The summed E-state index contributed by atoms with van der Waals surface area (Å²) in [6.45, 7) is 20.5. The van der Waals surface area contributed by atoms with Crippen molar-refractivity contribution >= 4 is 5.97 Å². The zero-order chi connectivity index (χ0) is 26.0. The Labute approximate surface area is 215 Å². The van der Waals surface area contributed by atoms with Crippen molar-refractivity contribution in [2.75, 3.05) is 0 Å². The number of carbonyl (C=O) groups is 1. The average molecular weight is 485 g/mol. The molecule has 0 saturated heterocycles. The van der Waals surface area contributed by atoms with Crippen molar-refractivity contribution in [3.05, 3.63) is 22.8 Å². The van der Waals surface area contributed by atoms with Crippen LogP contribution in [-0.2, 0) is 9.53 Å². The number of hydrogen-bond acceptors (Lipinski definition) is 3. The zero-order valence-electron chi connectivity index (χ0n) is 24.1. The number of aliphatic hydroxyl groups is 1. The Morgan fingerprint density at radius 2 is 1.69 bits per heavy atom. The molecule has 1 N–H and O–H groups in total. The molecule has 8 atom stereocenters. The fraction of sp³-hybridized carbons (Fsp3) is 0.844. The summed E-state index contributed by atoms with van der Waals surface area (Å²) in [5.74, 6) is 1.32. The van der Waals surface area contributed by atoms with Crippen LogP contribution in [0.4, 0.5) is 0 Å². The second-order valence-corrected chi connectivity index (χ2v) is 14.3. The molecule has 2 fully saturated rings. The smallest absolute Gasteiger partial charge is 0.302 e. The van der Waals surface area contributed by atoms with Gasteiger partial charge in [-0.15, -0.1) is 0 Å². The average Bonchev–Trinajstić information content (AvgIpc) is 3.04. The maximum Gasteiger partial charge on any atom is 0.302 e. The monoisotopic (exact) mass is 484 g/mol. The van der Waals surface area contributed by atoms with Crippen LogP contribution in [0.5, 0.6) is 0 Å². The zero-order valence-corrected chi connectivity index (χ0v) is 24.1. The molecule has 2 saturated carbocycles. The third-order valence-corrected chi connectivity index (χ3v) is 12.1. The van der Waals surface area contributed by atoms with Gasteiger partial charge in [-0.3, -0.25) is 4.79 Å². The van der Waals surface area contributed by atoms with E-state index in [2.05, 4.69) is 61.5 Å². The maximum atomic E-state index is 11.8. The van der Waals surface area contributed by atoms with Gasteiger partial charge in [0.2, 0.25) is 0 Å². The predicted molar refractivity (Wildman–Crippen MR) is 144 cm³/mol. The molecule has 0 heterocycles. The first-order valence-electron chi connectivity index (χ1n) is 14.4. The van der Waals surface area contributed by atoms with E-state index in [4.69, 9.17) is 4.74 Å². The number of esters is 1. The van der Waals surface area contributed by atoms with Gasteiger partial charge in [-0.05, 0) is 106 Å². The van der Waals surface area contributed by atoms with E-state index in [1.807, 2.05) is 0 Å². The first-order chi connectivity index (χ1) is 16.2. The van der Waals surface area contributed by atoms with Crippen LogP contribution < -0.4 is 0 Å². The van der Waals surface area contributed by atoms with Crippen molar-refractivity contribution in [1.82, 2.24) is 0 Å². The lowest BCUT2D eigenvalue weighted by Crippen LogP contribution is -2.56. The minimum atomic E-state index is -0.255. The van der Waals surface area contributed by atoms with Gasteiger partial charge in [0.05, 0.1) is 6.10 Å². The number of hydrogen-bond donors (Lipinski definition) is 1. The molecule has 35 heavy (non-hydrogen) atoms. The molecular weight excluding hydrogens is 432 g/mol. The van der Waals surface area contributed by atoms with E-state index in [-0.39, 0.29) is 39.8 Å². The molecule has 4 aliphatic rings. The highest BCUT2D eigenvalue weighted by molar-refractivity contribution is 5.66. The standard InChI is InChI=1S/C32H52O3/c1-20(2)10-12-26(34)21(3)23-14-18-32(9)25-11-13-27-29(5,6)28(35-22(4)33)16-17-30(27,7)24(25)15-19-31(23,32)8/h10,21,23,26-28,34H,11-19H2,1-9H3/t21-,23+,26-,27-,28-,30+,31+,32-/m0/s1. The SMILES string of the molecule is CC(=O)O[C@H]1CC[C@]2(C)C3=C(CC[C@H]2C1(C)C)[C@]1(C)CC[C@H]([C@H](C)[C@@H](O)CC=C(C)C)[C@@]1(C)CC3. The second-order valence-electron chi connectivity index (χ2n) is 14.3. The van der Waals surface area contributed by atoms with E-state index in [0.717, 1.165) is 19.3 Å². The van der Waals surface area contributed by atoms with E-state index in [1.54, 1.807) is 18.1 Å². The minimum Gasteiger partial charge on any atom is -0.462 e. The van der Waals surface area contributed by atoms with Gasteiger partial charge in [0, 0.05) is 12.3 Å². The fourth-order valence-corrected chi connectivity index (χ4v) is 9.80. The molecule has 0 spiro atoms. The van der Waals surface area contributed by atoms with E-state index >= 15 is 0 Å². The van der Waals surface area contributed by atoms with E-state index < -0.39 is 0 Å². The molecule has 0 radical (unpaired) electrons. The summed E-state index contributed by atoms with van der Waals surface area (Å²) in [6, 6.07) is 0. The Morgan fingerprint density at radius 3 is 2.31 bits per heavy atom. The van der Waals surface area contributed by atoms with Crippen molar-refractivity contribution < 1.29 is 14.6 Å². The topological polar surface area (TPSA) is 46.5 Å². The highest BCUT2D eigenvalue weighted by atomic mass is 16.5. The molecule has 3 heteroatoms. The predicted octanol–water partition coefficient (Wildman–Crippen LogP) is 8.02. The number of allylic oxidation sites excluding steroid dienone is 3. The largest absolute Gasteiger partial charge is 0.462 e. The Hall–Kier alpha value is -1.09. The van der Waals surface area contributed by atoms with Crippen LogP contribution in [0.1, 0.15) is 120 Å². The third-order valence-electron chi connectivity index (χ3n) is 12.1. The Bertz CT molecular complexity index is 908. The van der Waals surface area contributed by atoms with Gasteiger partial charge in [-0.25, -0.2) is 0 Å². The van der Waals surface area contributed by atoms with Gasteiger partial charge >= 0.3 is 5.97 Å². The quantitative estimate of drug-likeness (QED) is 0.317. The summed E-state index contributed by atoms with van der Waals surface area (Å²) in [5.41, 5.74) is 5.54. The lowest BCUT2D eigenvalue weighted by Gasteiger charge is -2.62. The second kappa shape index (κ2) is 9.03. The van der Waals surface area contributed by atoms with Crippen molar-refractivity contribution in [3.63, 3.8) is 0 Å². The molecule has 0 aromatic heterocycles. The molecule has 3 nitrogen and oxygen atoms in total. The normalized spacial score (nSPS) is 41.8. The van der Waals surface area contributed by atoms with Crippen LogP contribution in [0.15, 0.2) is 22.8 Å². The van der Waals surface area contributed by atoms with Crippen LogP contribution in [-0.4, -0.2) is 23.3 Å². The van der Waals surface area contributed by atoms with Gasteiger partial charge in [-0.1, -0.05) is 64.3 Å². The molecule has 198 valence electrons. The molecule has 0 unspecified atom stereocenters. The summed E-state index contributed by atoms with van der Waals surface area (Å²) in [4.78, 5) is 11.8. The summed E-state index contributed by atoms with van der Waals surface area (Å²) in [5, 5.41) is 11.1. The van der Waals surface area contributed by atoms with E-state index in [9.17, 15) is 9.90 Å². The van der Waals surface area contributed by atoms with Crippen LogP contribution in [0.3, 0.4) is 0 Å². The molecule has 4 aliphatic carbocycles. The summed E-state index contributed by atoms with van der Waals surface area (Å²) < 4.78 is 5.86. The maximum absolute atomic E-state index is 11.8. The molecule has 0 aromatic rings. The van der Waals surface area contributed by atoms with E-state index in [0.29, 0.717) is 17.8 Å². The molecule has 0 bridgehead atoms. The summed E-state index contributed by atoms with van der Waals surface area (Å²) in [7, 11) is 0. The minimum absolute atomic E-state index is 0.000612. The molecular formula is C32H52O3. The molecule has 0 aromatic carbocycles. The van der Waals surface area contributed by atoms with Gasteiger partial charge in [0.15, 0.2) is 0 Å². The summed E-state index contributed by atoms with van der Waals surface area (Å²) >= 11 is 0. The van der Waals surface area contributed by atoms with Crippen molar-refractivity contribution in [3.8, 4) is 0 Å². The van der Waals surface area contributed by atoms with Crippen LogP contribution in [0, 0.1) is 39.4 Å². The van der Waals surface area contributed by atoms with Gasteiger partial charge in [0.25, 0.3) is 0 Å². The number of carbonyl (C=O) groups excluding carboxylic acids is 1. The van der Waals surface area contributed by atoms with Gasteiger partial charge < -0.3 is 9.84 Å². The van der Waals surface area contributed by atoms with Crippen molar-refractivity contribution in [1.29, 1.82) is 0 Å². The number of aliphatic hydroxyl groups excluding tert-OH is 1. The van der Waals surface area contributed by atoms with Crippen LogP contribution in [0.2, 0.25) is 0 Å². The van der Waals surface area contributed by atoms with Crippen molar-refractivity contribution in [2.24, 2.45) is 39.4 Å². The molecule has 0 aliphatic heterocycles. The number of fused-ring (bicyclic) bond motifs is 4. The highest BCUT2D eigenvalue weighted by Gasteiger charge is 2.64. The Balaban J connectivity index is 1.65. The lowest BCUT2D eigenvalue weighted by atomic mass is 9.43. The van der Waals surface area contributed by atoms with E-state index in [1.165, 1.54) is 44.1 Å². The van der Waals surface area contributed by atoms with Gasteiger partial charge in [-0.2, -0.15) is 0 Å². The lowest BCUT2D eigenvalue weighted by molar-refractivity contribution is -0.167. The highest BCUT2D eigenvalue weighted by Crippen LogP contribution is 2.72. The number of ether oxygens (including phenoxy) is 1.